The Balaban J connectivity index is 1.58. The van der Waals surface area contributed by atoms with Crippen LogP contribution in [0.4, 0.5) is 5.69 Å². The lowest BCUT2D eigenvalue weighted by Crippen LogP contribution is -2.21. The molecule has 31 heavy (non-hydrogen) atoms. The first-order chi connectivity index (χ1) is 15.0. The van der Waals surface area contributed by atoms with Crippen LogP contribution in [-0.4, -0.2) is 25.6 Å². The highest BCUT2D eigenvalue weighted by Gasteiger charge is 2.15. The van der Waals surface area contributed by atoms with E-state index in [1.807, 2.05) is 62.4 Å². The monoisotopic (exact) mass is 419 g/mol. The molecule has 0 saturated carbocycles. The van der Waals surface area contributed by atoms with Gasteiger partial charge < -0.3 is 19.5 Å². The molecule has 0 bridgehead atoms. The summed E-state index contributed by atoms with van der Waals surface area (Å²) in [6, 6.07) is 20.2. The van der Waals surface area contributed by atoms with Crippen molar-refractivity contribution in [3.05, 3.63) is 89.0 Å². The van der Waals surface area contributed by atoms with E-state index in [1.54, 1.807) is 12.1 Å². The topological polar surface area (TPSA) is 73.9 Å². The maximum absolute atomic E-state index is 12.4. The van der Waals surface area contributed by atoms with Gasteiger partial charge in [0.15, 0.2) is 18.1 Å². The lowest BCUT2D eigenvalue weighted by molar-refractivity contribution is -0.119. The number of carbonyl (C=O) groups is 2. The van der Waals surface area contributed by atoms with Gasteiger partial charge in [-0.1, -0.05) is 42.5 Å². The average Bonchev–Trinajstić information content (AvgIpc) is 2.79. The molecular weight excluding hydrogens is 394 g/mol. The molecular formula is C25H25NO5. The van der Waals surface area contributed by atoms with E-state index in [0.717, 1.165) is 16.7 Å². The summed E-state index contributed by atoms with van der Waals surface area (Å²) < 4.78 is 16.3. The van der Waals surface area contributed by atoms with E-state index >= 15 is 0 Å². The number of rotatable bonds is 8. The standard InChI is InChI=1S/C25H25NO5/c1-17-9-10-18(2)21(13-17)26-24(27)16-31-25(28)20-11-12-22(23(14-20)29-3)30-15-19-7-5-4-6-8-19/h4-14H,15-16H2,1-3H3,(H,26,27). The minimum Gasteiger partial charge on any atom is -0.493 e. The third kappa shape index (κ3) is 6.09. The molecule has 0 unspecified atom stereocenters. The first kappa shape index (κ1) is 21.9. The molecule has 0 heterocycles. The first-order valence-corrected chi connectivity index (χ1v) is 9.85. The summed E-state index contributed by atoms with van der Waals surface area (Å²) in [6.45, 7) is 3.82. The second kappa shape index (κ2) is 10.3. The van der Waals surface area contributed by atoms with Gasteiger partial charge in [-0.3, -0.25) is 4.79 Å². The van der Waals surface area contributed by atoms with Crippen molar-refractivity contribution in [1.29, 1.82) is 0 Å². The molecule has 0 spiro atoms. The number of esters is 1. The Morgan fingerprint density at radius 2 is 1.68 bits per heavy atom. The maximum atomic E-state index is 12.4. The van der Waals surface area contributed by atoms with Gasteiger partial charge in [0.2, 0.25) is 0 Å². The number of hydrogen-bond donors (Lipinski definition) is 1. The van der Waals surface area contributed by atoms with Crippen molar-refractivity contribution < 1.29 is 23.8 Å². The van der Waals surface area contributed by atoms with Crippen LogP contribution in [0.3, 0.4) is 0 Å². The van der Waals surface area contributed by atoms with Crippen LogP contribution in [0.2, 0.25) is 0 Å². The summed E-state index contributed by atoms with van der Waals surface area (Å²) in [5, 5.41) is 2.76. The van der Waals surface area contributed by atoms with Crippen molar-refractivity contribution >= 4 is 17.6 Å². The van der Waals surface area contributed by atoms with Gasteiger partial charge in [-0.25, -0.2) is 4.79 Å². The molecule has 3 aromatic rings. The van der Waals surface area contributed by atoms with E-state index < -0.39 is 11.9 Å². The Hall–Kier alpha value is -3.80. The zero-order valence-electron chi connectivity index (χ0n) is 17.8. The van der Waals surface area contributed by atoms with E-state index in [4.69, 9.17) is 14.2 Å². The van der Waals surface area contributed by atoms with Gasteiger partial charge in [-0.2, -0.15) is 0 Å². The second-order valence-corrected chi connectivity index (χ2v) is 7.08. The summed E-state index contributed by atoms with van der Waals surface area (Å²) in [5.41, 5.74) is 3.94. The van der Waals surface area contributed by atoms with Crippen LogP contribution in [0, 0.1) is 13.8 Å². The summed E-state index contributed by atoms with van der Waals surface area (Å²) in [7, 11) is 1.50. The van der Waals surface area contributed by atoms with E-state index in [9.17, 15) is 9.59 Å². The largest absolute Gasteiger partial charge is 0.493 e. The van der Waals surface area contributed by atoms with Gasteiger partial charge in [0.05, 0.1) is 12.7 Å². The highest BCUT2D eigenvalue weighted by atomic mass is 16.5. The predicted molar refractivity (Wildman–Crippen MR) is 119 cm³/mol. The molecule has 0 radical (unpaired) electrons. The molecule has 0 aliphatic heterocycles. The van der Waals surface area contributed by atoms with Crippen LogP contribution < -0.4 is 14.8 Å². The minimum absolute atomic E-state index is 0.267. The number of nitrogens with one attached hydrogen (secondary N) is 1. The van der Waals surface area contributed by atoms with Crippen LogP contribution in [0.1, 0.15) is 27.0 Å². The third-order valence-corrected chi connectivity index (χ3v) is 4.64. The highest BCUT2D eigenvalue weighted by Crippen LogP contribution is 2.29. The molecule has 1 N–H and O–H groups in total. The van der Waals surface area contributed by atoms with Crippen molar-refractivity contribution in [3.63, 3.8) is 0 Å². The Bertz CT molecular complexity index is 1060. The molecule has 0 aliphatic rings. The van der Waals surface area contributed by atoms with Gasteiger partial charge >= 0.3 is 5.97 Å². The fourth-order valence-electron chi connectivity index (χ4n) is 2.92. The molecule has 6 heteroatoms. The summed E-state index contributed by atoms with van der Waals surface area (Å²) >= 11 is 0. The molecule has 3 aromatic carbocycles. The van der Waals surface area contributed by atoms with Crippen LogP contribution >= 0.6 is 0 Å². The van der Waals surface area contributed by atoms with Crippen molar-refractivity contribution in [2.24, 2.45) is 0 Å². The van der Waals surface area contributed by atoms with Crippen LogP contribution in [-0.2, 0) is 16.1 Å². The minimum atomic E-state index is -0.621. The third-order valence-electron chi connectivity index (χ3n) is 4.64. The van der Waals surface area contributed by atoms with Crippen molar-refractivity contribution in [1.82, 2.24) is 0 Å². The van der Waals surface area contributed by atoms with Crippen LogP contribution in [0.15, 0.2) is 66.7 Å². The molecule has 3 rings (SSSR count). The van der Waals surface area contributed by atoms with Crippen molar-refractivity contribution in [2.75, 3.05) is 19.0 Å². The second-order valence-electron chi connectivity index (χ2n) is 7.08. The van der Waals surface area contributed by atoms with Gasteiger partial charge in [-0.15, -0.1) is 0 Å². The number of anilines is 1. The van der Waals surface area contributed by atoms with Gasteiger partial charge in [0.25, 0.3) is 5.91 Å². The van der Waals surface area contributed by atoms with Crippen LogP contribution in [0.5, 0.6) is 11.5 Å². The van der Waals surface area contributed by atoms with E-state index in [2.05, 4.69) is 5.32 Å². The molecule has 6 nitrogen and oxygen atoms in total. The zero-order valence-corrected chi connectivity index (χ0v) is 17.8. The van der Waals surface area contributed by atoms with Crippen LogP contribution in [0.25, 0.3) is 0 Å². The summed E-state index contributed by atoms with van der Waals surface area (Å²) in [5.74, 6) is -0.110. The lowest BCUT2D eigenvalue weighted by Gasteiger charge is -2.12. The number of hydrogen-bond acceptors (Lipinski definition) is 5. The fourth-order valence-corrected chi connectivity index (χ4v) is 2.92. The first-order valence-electron chi connectivity index (χ1n) is 9.85. The molecule has 0 aromatic heterocycles. The number of aryl methyl sites for hydroxylation is 2. The quantitative estimate of drug-likeness (QED) is 0.537. The Morgan fingerprint density at radius 3 is 2.42 bits per heavy atom. The molecule has 0 saturated heterocycles. The van der Waals surface area contributed by atoms with Gasteiger partial charge in [0.1, 0.15) is 6.61 Å². The zero-order chi connectivity index (χ0) is 22.2. The van der Waals surface area contributed by atoms with E-state index in [-0.39, 0.29) is 12.2 Å². The fraction of sp³-hybridized carbons (Fsp3) is 0.200. The Kier molecular flexibility index (Phi) is 7.27. The van der Waals surface area contributed by atoms with Crippen molar-refractivity contribution in [3.8, 4) is 11.5 Å². The predicted octanol–water partition coefficient (Wildman–Crippen LogP) is 4.69. The normalized spacial score (nSPS) is 10.3. The SMILES string of the molecule is COc1cc(C(=O)OCC(=O)Nc2cc(C)ccc2C)ccc1OCc1ccccc1. The highest BCUT2D eigenvalue weighted by molar-refractivity contribution is 5.96. The summed E-state index contributed by atoms with van der Waals surface area (Å²) in [6.07, 6.45) is 0. The molecule has 160 valence electrons. The average molecular weight is 419 g/mol. The number of ether oxygens (including phenoxy) is 3. The molecule has 0 atom stereocenters. The Labute approximate surface area is 181 Å². The lowest BCUT2D eigenvalue weighted by atomic mass is 10.1. The number of benzene rings is 3. The van der Waals surface area contributed by atoms with E-state index in [1.165, 1.54) is 13.2 Å². The number of methoxy groups -OCH3 is 1. The number of carbonyl (C=O) groups excluding carboxylic acids is 2. The van der Waals surface area contributed by atoms with Gasteiger partial charge in [0, 0.05) is 5.69 Å². The maximum Gasteiger partial charge on any atom is 0.338 e. The summed E-state index contributed by atoms with van der Waals surface area (Å²) in [4.78, 5) is 24.6. The molecule has 0 fully saturated rings. The van der Waals surface area contributed by atoms with Gasteiger partial charge in [-0.05, 0) is 54.8 Å². The molecule has 1 amide bonds. The Morgan fingerprint density at radius 1 is 0.903 bits per heavy atom. The molecule has 0 aliphatic carbocycles. The number of amides is 1. The smallest absolute Gasteiger partial charge is 0.338 e. The van der Waals surface area contributed by atoms with E-state index in [0.29, 0.717) is 23.8 Å². The van der Waals surface area contributed by atoms with Crippen molar-refractivity contribution in [2.45, 2.75) is 20.5 Å².